The van der Waals surface area contributed by atoms with E-state index >= 15 is 4.39 Å². The van der Waals surface area contributed by atoms with Gasteiger partial charge >= 0.3 is 0 Å². The Labute approximate surface area is 258 Å². The summed E-state index contributed by atoms with van der Waals surface area (Å²) in [6.45, 7) is 2.42. The highest BCUT2D eigenvalue weighted by Gasteiger charge is 2.33. The molecule has 1 fully saturated rings. The summed E-state index contributed by atoms with van der Waals surface area (Å²) in [5.74, 6) is 1.06. The van der Waals surface area contributed by atoms with E-state index in [1.165, 1.54) is 15.9 Å². The number of Topliss-reactive ketones (excluding diaryl/α,β-unsaturated/α-hetero) is 1. The lowest BCUT2D eigenvalue weighted by Gasteiger charge is -2.22. The van der Waals surface area contributed by atoms with E-state index in [4.69, 9.17) is 19.4 Å². The molecular weight excluding hydrogens is 579 g/mol. The van der Waals surface area contributed by atoms with Crippen molar-refractivity contribution in [3.63, 3.8) is 0 Å². The van der Waals surface area contributed by atoms with Crippen molar-refractivity contribution in [2.24, 2.45) is 0 Å². The molecule has 0 bridgehead atoms. The van der Waals surface area contributed by atoms with Gasteiger partial charge < -0.3 is 14.4 Å². The van der Waals surface area contributed by atoms with Gasteiger partial charge in [0.2, 0.25) is 0 Å². The first-order valence-corrected chi connectivity index (χ1v) is 15.4. The number of carbonyl (C=O) groups excluding carboxylic acids is 1. The molecule has 0 spiro atoms. The van der Waals surface area contributed by atoms with Crippen molar-refractivity contribution in [1.29, 1.82) is 0 Å². The number of aromatic nitrogens is 3. The first kappa shape index (κ1) is 29.5. The lowest BCUT2D eigenvalue weighted by Crippen LogP contribution is -2.36. The maximum atomic E-state index is 15.5. The minimum Gasteiger partial charge on any atom is -0.497 e. The number of hydrogen-bond donors (Lipinski definition) is 0. The van der Waals surface area contributed by atoms with E-state index in [-0.39, 0.29) is 35.3 Å². The fraction of sp³-hybridized carbons (Fsp3) is 0.294. The molecule has 1 saturated heterocycles. The van der Waals surface area contributed by atoms with Crippen LogP contribution in [0.4, 0.5) is 9.52 Å². The normalized spacial score (nSPS) is 14.7. The van der Waals surface area contributed by atoms with Crippen LogP contribution in [0.2, 0.25) is 0 Å². The number of hydrogen-bond acceptors (Lipinski definition) is 8. The van der Waals surface area contributed by atoms with Crippen LogP contribution in [0.25, 0.3) is 21.7 Å². The Morgan fingerprint density at radius 1 is 1.05 bits per heavy atom. The van der Waals surface area contributed by atoms with Crippen LogP contribution in [0.5, 0.6) is 11.5 Å². The van der Waals surface area contributed by atoms with Crippen LogP contribution in [-0.4, -0.2) is 47.1 Å². The lowest BCUT2D eigenvalue weighted by atomic mass is 10.0. The monoisotopic (exact) mass is 612 g/mol. The van der Waals surface area contributed by atoms with Crippen LogP contribution in [0.3, 0.4) is 0 Å². The van der Waals surface area contributed by atoms with Crippen molar-refractivity contribution in [3.05, 3.63) is 99.6 Å². The van der Waals surface area contributed by atoms with Gasteiger partial charge in [0.25, 0.3) is 5.56 Å². The van der Waals surface area contributed by atoms with E-state index in [2.05, 4.69) is 0 Å². The average molecular weight is 613 g/mol. The number of aryl methyl sites for hydroxylation is 2. The summed E-state index contributed by atoms with van der Waals surface area (Å²) in [6, 6.07) is 20.1. The van der Waals surface area contributed by atoms with Crippen molar-refractivity contribution in [2.45, 2.75) is 45.2 Å². The molecule has 8 nitrogen and oxygen atoms in total. The number of anilines is 1. The van der Waals surface area contributed by atoms with Gasteiger partial charge in [-0.05, 0) is 55.5 Å². The highest BCUT2D eigenvalue weighted by Crippen LogP contribution is 2.35. The molecule has 1 aliphatic rings. The van der Waals surface area contributed by atoms with E-state index in [0.717, 1.165) is 18.4 Å². The van der Waals surface area contributed by atoms with Gasteiger partial charge in [0.1, 0.15) is 23.1 Å². The van der Waals surface area contributed by atoms with Crippen molar-refractivity contribution >= 4 is 32.6 Å². The number of halogens is 1. The molecule has 10 heteroatoms. The summed E-state index contributed by atoms with van der Waals surface area (Å²) < 4.78 is 27.9. The van der Waals surface area contributed by atoms with Crippen LogP contribution in [-0.2, 0) is 17.8 Å². The van der Waals surface area contributed by atoms with Gasteiger partial charge in [0.15, 0.2) is 21.3 Å². The summed E-state index contributed by atoms with van der Waals surface area (Å²) >= 11 is 1.27. The number of nitrogens with zero attached hydrogens (tertiary/aromatic N) is 4. The van der Waals surface area contributed by atoms with Crippen molar-refractivity contribution in [1.82, 2.24) is 14.5 Å². The van der Waals surface area contributed by atoms with Crippen LogP contribution in [0.1, 0.15) is 36.0 Å². The minimum atomic E-state index is -0.442. The molecule has 0 radical (unpaired) electrons. The Bertz CT molecular complexity index is 1890. The number of thiazole rings is 1. The third-order valence-corrected chi connectivity index (χ3v) is 9.12. The van der Waals surface area contributed by atoms with Gasteiger partial charge in [-0.2, -0.15) is 0 Å². The fourth-order valence-electron chi connectivity index (χ4n) is 5.75. The third kappa shape index (κ3) is 5.69. The number of rotatable bonds is 10. The second-order valence-electron chi connectivity index (χ2n) is 10.9. The molecule has 3 aromatic carbocycles. The van der Waals surface area contributed by atoms with Gasteiger partial charge in [0, 0.05) is 24.6 Å². The molecule has 5 aromatic rings. The number of ether oxygens (including phenoxy) is 2. The molecule has 0 saturated carbocycles. The van der Waals surface area contributed by atoms with Crippen LogP contribution < -0.4 is 19.9 Å². The topological polar surface area (TPSA) is 86.5 Å². The number of methoxy groups -OCH3 is 2. The Kier molecular flexibility index (Phi) is 8.43. The summed E-state index contributed by atoms with van der Waals surface area (Å²) in [6.07, 6.45) is 2.70. The highest BCUT2D eigenvalue weighted by molar-refractivity contribution is 7.21. The Balaban J connectivity index is 1.40. The first-order valence-electron chi connectivity index (χ1n) is 14.6. The number of fused-ring (bicyclic) bond motifs is 1. The smallest absolute Gasteiger partial charge is 0.281 e. The molecule has 0 aliphatic carbocycles. The maximum absolute atomic E-state index is 15.5. The van der Waals surface area contributed by atoms with Crippen LogP contribution in [0, 0.1) is 12.7 Å². The van der Waals surface area contributed by atoms with Gasteiger partial charge in [-0.15, -0.1) is 0 Å². The van der Waals surface area contributed by atoms with Gasteiger partial charge in [-0.25, -0.2) is 14.4 Å². The maximum Gasteiger partial charge on any atom is 0.281 e. The number of ketones is 1. The summed E-state index contributed by atoms with van der Waals surface area (Å²) in [5.41, 5.74) is 2.30. The predicted molar refractivity (Wildman–Crippen MR) is 171 cm³/mol. The molecule has 1 aliphatic heterocycles. The Morgan fingerprint density at radius 3 is 2.64 bits per heavy atom. The SMILES string of the molecule is COc1ccc(Cn2c(-c3cccc(C)c3F)nc3sc(N4CCC[C@@H]4C(=O)CCc4ccccc4)nc3c2=O)c(OC)c1. The Morgan fingerprint density at radius 2 is 1.86 bits per heavy atom. The molecular formula is C34H33FN4O4S. The molecule has 0 N–H and O–H groups in total. The van der Waals surface area contributed by atoms with Crippen LogP contribution in [0.15, 0.2) is 71.5 Å². The van der Waals surface area contributed by atoms with Crippen molar-refractivity contribution < 1.29 is 18.7 Å². The number of benzene rings is 3. The van der Waals surface area contributed by atoms with Crippen molar-refractivity contribution in [2.75, 3.05) is 25.7 Å². The molecule has 1 atom stereocenters. The minimum absolute atomic E-state index is 0.0782. The van der Waals surface area contributed by atoms with Crippen LogP contribution >= 0.6 is 11.3 Å². The zero-order valence-corrected chi connectivity index (χ0v) is 25.7. The van der Waals surface area contributed by atoms with E-state index < -0.39 is 11.4 Å². The summed E-state index contributed by atoms with van der Waals surface area (Å²) in [7, 11) is 3.11. The fourth-order valence-corrected chi connectivity index (χ4v) is 6.76. The third-order valence-electron chi connectivity index (χ3n) is 8.14. The van der Waals surface area contributed by atoms with Gasteiger partial charge in [0.05, 0.1) is 32.4 Å². The van der Waals surface area contributed by atoms with Gasteiger partial charge in [-0.3, -0.25) is 14.2 Å². The zero-order valence-electron chi connectivity index (χ0n) is 24.9. The number of carbonyl (C=O) groups is 1. The second-order valence-corrected chi connectivity index (χ2v) is 11.9. The van der Waals surface area contributed by atoms with E-state index in [9.17, 15) is 9.59 Å². The molecule has 0 unspecified atom stereocenters. The highest BCUT2D eigenvalue weighted by atomic mass is 32.1. The van der Waals surface area contributed by atoms with Gasteiger partial charge in [-0.1, -0.05) is 53.8 Å². The largest absolute Gasteiger partial charge is 0.497 e. The van der Waals surface area contributed by atoms with E-state index in [0.29, 0.717) is 52.0 Å². The molecule has 44 heavy (non-hydrogen) atoms. The summed E-state index contributed by atoms with van der Waals surface area (Å²) in [5, 5.41) is 0.579. The Hall–Kier alpha value is -4.57. The quantitative estimate of drug-likeness (QED) is 0.186. The van der Waals surface area contributed by atoms with Crippen molar-refractivity contribution in [3.8, 4) is 22.9 Å². The lowest BCUT2D eigenvalue weighted by molar-refractivity contribution is -0.120. The second kappa shape index (κ2) is 12.6. The predicted octanol–water partition coefficient (Wildman–Crippen LogP) is 6.20. The molecule has 6 rings (SSSR count). The average Bonchev–Trinajstić information content (AvgIpc) is 3.71. The molecule has 3 heterocycles. The zero-order chi connectivity index (χ0) is 30.8. The molecule has 2 aromatic heterocycles. The standard InChI is InChI=1S/C34H33FN4O4S/c1-21-9-7-12-25(29(21)35)31-37-32-30(33(41)39(31)20-23-15-16-24(42-2)19-28(23)43-3)36-34(44-32)38-18-8-13-26(38)27(40)17-14-22-10-5-4-6-11-22/h4-7,9-12,15-16,19,26H,8,13-14,17-18,20H2,1-3H3/t26-/m1/s1. The molecule has 226 valence electrons. The first-order chi connectivity index (χ1) is 21.4. The van der Waals surface area contributed by atoms with E-state index in [1.54, 1.807) is 51.5 Å². The molecule has 0 amide bonds. The summed E-state index contributed by atoms with van der Waals surface area (Å²) in [4.78, 5) is 39.5. The van der Waals surface area contributed by atoms with E-state index in [1.807, 2.05) is 41.3 Å².